The lowest BCUT2D eigenvalue weighted by Crippen LogP contribution is -2.22. The summed E-state index contributed by atoms with van der Waals surface area (Å²) in [6.07, 6.45) is -3.25. The van der Waals surface area contributed by atoms with Gasteiger partial charge in [-0.15, -0.1) is 0 Å². The Balaban J connectivity index is 2.04. The summed E-state index contributed by atoms with van der Waals surface area (Å²) in [5, 5.41) is 49.0. The van der Waals surface area contributed by atoms with Crippen molar-refractivity contribution >= 4 is 0 Å². The van der Waals surface area contributed by atoms with Crippen LogP contribution in [0.4, 0.5) is 0 Å². The predicted molar refractivity (Wildman–Crippen MR) is 98.9 cm³/mol. The largest absolute Gasteiger partial charge is 0.504 e. The van der Waals surface area contributed by atoms with Crippen molar-refractivity contribution in [3.05, 3.63) is 47.0 Å². The predicted octanol–water partition coefficient (Wildman–Crippen LogP) is 1.01. The first-order valence-electron chi connectivity index (χ1n) is 8.78. The Morgan fingerprint density at radius 2 is 1.75 bits per heavy atom. The molecule has 1 aliphatic rings. The minimum Gasteiger partial charge on any atom is -0.504 e. The molecule has 0 radical (unpaired) electrons. The van der Waals surface area contributed by atoms with Gasteiger partial charge in [-0.3, -0.25) is 0 Å². The number of aromatic hydroxyl groups is 1. The summed E-state index contributed by atoms with van der Waals surface area (Å²) >= 11 is 0. The van der Waals surface area contributed by atoms with E-state index in [1.807, 2.05) is 0 Å². The number of benzene rings is 2. The van der Waals surface area contributed by atoms with Crippen molar-refractivity contribution in [2.24, 2.45) is 0 Å². The highest BCUT2D eigenvalue weighted by atomic mass is 16.5. The summed E-state index contributed by atoms with van der Waals surface area (Å²) in [7, 11) is 2.89. The third-order valence-electron chi connectivity index (χ3n) is 4.96. The average Bonchev–Trinajstić information content (AvgIpc) is 3.10. The molecule has 2 aromatic rings. The molecule has 0 aromatic heterocycles. The highest BCUT2D eigenvalue weighted by Crippen LogP contribution is 2.52. The van der Waals surface area contributed by atoms with Crippen LogP contribution in [-0.2, 0) is 0 Å². The van der Waals surface area contributed by atoms with Gasteiger partial charge in [0.2, 0.25) is 0 Å². The topological polar surface area (TPSA) is 129 Å². The molecule has 152 valence electrons. The molecule has 2 aromatic carbocycles. The number of hydrogen-bond acceptors (Lipinski definition) is 8. The molecular formula is C20H24O8. The number of fused-ring (bicyclic) bond motifs is 1. The SMILES string of the molecule is COc1cc([C@H]2Oc3c(OC)cc([C@@H](O)[C@H](O)CO)cc3[C@@H]2CO)ccc1O. The molecule has 28 heavy (non-hydrogen) atoms. The molecule has 8 nitrogen and oxygen atoms in total. The lowest BCUT2D eigenvalue weighted by Gasteiger charge is -2.19. The van der Waals surface area contributed by atoms with Crippen LogP contribution in [0.5, 0.6) is 23.0 Å². The highest BCUT2D eigenvalue weighted by Gasteiger charge is 2.38. The quantitative estimate of drug-likeness (QED) is 0.472. The van der Waals surface area contributed by atoms with E-state index in [2.05, 4.69) is 0 Å². The van der Waals surface area contributed by atoms with Gasteiger partial charge < -0.3 is 39.7 Å². The molecule has 0 unspecified atom stereocenters. The lowest BCUT2D eigenvalue weighted by molar-refractivity contribution is -0.0153. The van der Waals surface area contributed by atoms with Gasteiger partial charge in [-0.2, -0.15) is 0 Å². The van der Waals surface area contributed by atoms with Crippen LogP contribution in [0.25, 0.3) is 0 Å². The van der Waals surface area contributed by atoms with Crippen LogP contribution in [0.2, 0.25) is 0 Å². The van der Waals surface area contributed by atoms with E-state index in [0.717, 1.165) is 0 Å². The average molecular weight is 392 g/mol. The summed E-state index contributed by atoms with van der Waals surface area (Å²) in [5.74, 6) is 0.555. The van der Waals surface area contributed by atoms with Crippen LogP contribution < -0.4 is 14.2 Å². The van der Waals surface area contributed by atoms with Crippen molar-refractivity contribution in [2.75, 3.05) is 27.4 Å². The number of hydrogen-bond donors (Lipinski definition) is 5. The Bertz CT molecular complexity index is 837. The van der Waals surface area contributed by atoms with E-state index in [1.54, 1.807) is 18.2 Å². The first-order valence-corrected chi connectivity index (χ1v) is 8.78. The Kier molecular flexibility index (Phi) is 5.95. The molecule has 1 aliphatic heterocycles. The van der Waals surface area contributed by atoms with E-state index >= 15 is 0 Å². The van der Waals surface area contributed by atoms with Gasteiger partial charge in [-0.05, 0) is 35.4 Å². The van der Waals surface area contributed by atoms with E-state index in [0.29, 0.717) is 28.2 Å². The van der Waals surface area contributed by atoms with Crippen LogP contribution in [0.15, 0.2) is 30.3 Å². The maximum absolute atomic E-state index is 10.3. The zero-order valence-electron chi connectivity index (χ0n) is 15.6. The van der Waals surface area contributed by atoms with E-state index in [1.165, 1.54) is 26.4 Å². The minimum absolute atomic E-state index is 0.0108. The molecule has 0 amide bonds. The molecule has 0 saturated carbocycles. The fourth-order valence-electron chi connectivity index (χ4n) is 3.43. The Hall–Kier alpha value is -2.52. The fourth-order valence-corrected chi connectivity index (χ4v) is 3.43. The Morgan fingerprint density at radius 3 is 2.36 bits per heavy atom. The molecule has 0 aliphatic carbocycles. The molecule has 1 heterocycles. The van der Waals surface area contributed by atoms with Crippen molar-refractivity contribution in [1.29, 1.82) is 0 Å². The van der Waals surface area contributed by atoms with Crippen molar-refractivity contribution in [3.8, 4) is 23.0 Å². The van der Waals surface area contributed by atoms with Crippen molar-refractivity contribution < 1.29 is 39.7 Å². The molecule has 0 spiro atoms. The maximum atomic E-state index is 10.3. The molecule has 0 fully saturated rings. The van der Waals surface area contributed by atoms with Crippen molar-refractivity contribution in [1.82, 2.24) is 0 Å². The van der Waals surface area contributed by atoms with E-state index in [4.69, 9.17) is 19.3 Å². The first-order chi connectivity index (χ1) is 13.4. The highest BCUT2D eigenvalue weighted by molar-refractivity contribution is 5.56. The monoisotopic (exact) mass is 392 g/mol. The summed E-state index contributed by atoms with van der Waals surface area (Å²) in [6, 6.07) is 7.94. The number of phenolic OH excluding ortho intramolecular Hbond substituents is 1. The number of ether oxygens (including phenoxy) is 3. The summed E-state index contributed by atoms with van der Waals surface area (Å²) in [5.41, 5.74) is 1.63. The van der Waals surface area contributed by atoms with Gasteiger partial charge in [0.25, 0.3) is 0 Å². The van der Waals surface area contributed by atoms with Crippen LogP contribution >= 0.6 is 0 Å². The van der Waals surface area contributed by atoms with E-state index in [-0.39, 0.29) is 18.1 Å². The second-order valence-corrected chi connectivity index (χ2v) is 6.60. The normalized spacial score (nSPS) is 20.2. The second kappa shape index (κ2) is 8.24. The van der Waals surface area contributed by atoms with Crippen LogP contribution in [0.3, 0.4) is 0 Å². The number of phenols is 1. The summed E-state index contributed by atoms with van der Waals surface area (Å²) < 4.78 is 16.6. The number of methoxy groups -OCH3 is 2. The van der Waals surface area contributed by atoms with Gasteiger partial charge >= 0.3 is 0 Å². The second-order valence-electron chi connectivity index (χ2n) is 6.60. The molecule has 5 N–H and O–H groups in total. The molecule has 0 saturated heterocycles. The molecule has 4 atom stereocenters. The molecule has 8 heteroatoms. The van der Waals surface area contributed by atoms with Crippen LogP contribution in [0, 0.1) is 0 Å². The van der Waals surface area contributed by atoms with E-state index in [9.17, 15) is 20.4 Å². The molecule has 3 rings (SSSR count). The number of aliphatic hydroxyl groups excluding tert-OH is 4. The summed E-state index contributed by atoms with van der Waals surface area (Å²) in [6.45, 7) is -0.845. The van der Waals surface area contributed by atoms with Gasteiger partial charge in [-0.1, -0.05) is 6.07 Å². The standard InChI is InChI=1S/C20H24O8/c1-26-16-6-10(3-4-14(16)23)19-13(8-21)12-5-11(18(25)15(24)9-22)7-17(27-2)20(12)28-19/h3-7,13,15,18-19,21-25H,8-9H2,1-2H3/t13-,15+,18+,19+/m0/s1. The zero-order chi connectivity index (χ0) is 20.4. The van der Waals surface area contributed by atoms with Gasteiger partial charge in [0, 0.05) is 5.56 Å². The van der Waals surface area contributed by atoms with Gasteiger partial charge in [0.15, 0.2) is 23.0 Å². The smallest absolute Gasteiger partial charge is 0.165 e. The molecular weight excluding hydrogens is 368 g/mol. The number of rotatable bonds is 7. The van der Waals surface area contributed by atoms with Gasteiger partial charge in [-0.25, -0.2) is 0 Å². The van der Waals surface area contributed by atoms with Crippen molar-refractivity contribution in [3.63, 3.8) is 0 Å². The van der Waals surface area contributed by atoms with Crippen LogP contribution in [0.1, 0.15) is 34.8 Å². The maximum Gasteiger partial charge on any atom is 0.165 e. The molecule has 0 bridgehead atoms. The first kappa shape index (κ1) is 20.2. The minimum atomic E-state index is -1.35. The fraction of sp³-hybridized carbons (Fsp3) is 0.400. The lowest BCUT2D eigenvalue weighted by atomic mass is 9.89. The third kappa shape index (κ3) is 3.47. The van der Waals surface area contributed by atoms with Crippen LogP contribution in [-0.4, -0.2) is 59.1 Å². The summed E-state index contributed by atoms with van der Waals surface area (Å²) in [4.78, 5) is 0. The van der Waals surface area contributed by atoms with Gasteiger partial charge in [0.05, 0.1) is 33.4 Å². The Labute approximate surface area is 162 Å². The third-order valence-corrected chi connectivity index (χ3v) is 4.96. The number of aliphatic hydroxyl groups is 4. The van der Waals surface area contributed by atoms with Crippen molar-refractivity contribution in [2.45, 2.75) is 24.2 Å². The Morgan fingerprint density at radius 1 is 1.04 bits per heavy atom. The zero-order valence-corrected chi connectivity index (χ0v) is 15.6. The van der Waals surface area contributed by atoms with E-state index < -0.39 is 30.8 Å². The van der Waals surface area contributed by atoms with Gasteiger partial charge in [0.1, 0.15) is 18.3 Å².